The highest BCUT2D eigenvalue weighted by Crippen LogP contribution is 2.35. The molecule has 2 N–H and O–H groups in total. The monoisotopic (exact) mass is 375 g/mol. The summed E-state index contributed by atoms with van der Waals surface area (Å²) in [4.78, 5) is 17.7. The minimum absolute atomic E-state index is 0.527. The van der Waals surface area contributed by atoms with Crippen molar-refractivity contribution in [1.29, 1.82) is 0 Å². The maximum atomic E-state index is 5.61. The molecule has 4 rings (SSSR count). The predicted molar refractivity (Wildman–Crippen MR) is 109 cm³/mol. The van der Waals surface area contributed by atoms with Gasteiger partial charge in [0.1, 0.15) is 11.6 Å². The SMILES string of the molecule is CNc1cc(C)nc(Nc2ccc(OC)c(-c3c(C)nc4cnccn34)c2)n1. The minimum Gasteiger partial charge on any atom is -0.496 e. The number of methoxy groups -OCH3 is 1. The van der Waals surface area contributed by atoms with Crippen LogP contribution in [0.5, 0.6) is 5.75 Å². The second kappa shape index (κ2) is 7.15. The summed E-state index contributed by atoms with van der Waals surface area (Å²) in [6.45, 7) is 3.91. The summed E-state index contributed by atoms with van der Waals surface area (Å²) in [5.74, 6) is 2.04. The lowest BCUT2D eigenvalue weighted by atomic mass is 10.1. The van der Waals surface area contributed by atoms with Gasteiger partial charge in [0.25, 0.3) is 0 Å². The number of ether oxygens (including phenoxy) is 1. The van der Waals surface area contributed by atoms with Crippen molar-refractivity contribution in [2.75, 3.05) is 24.8 Å². The van der Waals surface area contributed by atoms with Gasteiger partial charge in [-0.15, -0.1) is 0 Å². The van der Waals surface area contributed by atoms with Crippen LogP contribution in [0.1, 0.15) is 11.4 Å². The summed E-state index contributed by atoms with van der Waals surface area (Å²) in [5.41, 5.74) is 5.29. The highest BCUT2D eigenvalue weighted by molar-refractivity contribution is 5.77. The molecule has 3 heterocycles. The first kappa shape index (κ1) is 17.7. The van der Waals surface area contributed by atoms with E-state index in [0.717, 1.165) is 45.5 Å². The highest BCUT2D eigenvalue weighted by atomic mass is 16.5. The van der Waals surface area contributed by atoms with Crippen LogP contribution in [0.3, 0.4) is 0 Å². The van der Waals surface area contributed by atoms with E-state index in [2.05, 4.69) is 30.6 Å². The molecule has 0 bridgehead atoms. The van der Waals surface area contributed by atoms with E-state index >= 15 is 0 Å². The lowest BCUT2D eigenvalue weighted by molar-refractivity contribution is 0.416. The maximum Gasteiger partial charge on any atom is 0.229 e. The van der Waals surface area contributed by atoms with Gasteiger partial charge in [0.15, 0.2) is 5.65 Å². The van der Waals surface area contributed by atoms with Crippen molar-refractivity contribution in [2.24, 2.45) is 0 Å². The van der Waals surface area contributed by atoms with E-state index in [0.29, 0.717) is 5.95 Å². The zero-order valence-corrected chi connectivity index (χ0v) is 16.2. The molecule has 0 atom stereocenters. The van der Waals surface area contributed by atoms with Gasteiger partial charge < -0.3 is 15.4 Å². The third-order valence-corrected chi connectivity index (χ3v) is 4.43. The first-order valence-electron chi connectivity index (χ1n) is 8.86. The molecule has 0 amide bonds. The maximum absolute atomic E-state index is 5.61. The Labute approximate surface area is 162 Å². The number of nitrogens with one attached hydrogen (secondary N) is 2. The number of rotatable bonds is 5. The summed E-state index contributed by atoms with van der Waals surface area (Å²) < 4.78 is 7.61. The molecule has 0 aliphatic carbocycles. The Balaban J connectivity index is 1.81. The summed E-state index contributed by atoms with van der Waals surface area (Å²) in [6.07, 6.45) is 5.38. The molecular formula is C20H21N7O. The van der Waals surface area contributed by atoms with Crippen LogP contribution in [0.15, 0.2) is 42.9 Å². The predicted octanol–water partition coefficient (Wildman–Crippen LogP) is 3.60. The van der Waals surface area contributed by atoms with E-state index in [9.17, 15) is 0 Å². The van der Waals surface area contributed by atoms with E-state index in [1.165, 1.54) is 0 Å². The molecule has 4 aromatic rings. The summed E-state index contributed by atoms with van der Waals surface area (Å²) >= 11 is 0. The summed E-state index contributed by atoms with van der Waals surface area (Å²) in [6, 6.07) is 7.76. The fraction of sp³-hybridized carbons (Fsp3) is 0.200. The molecule has 0 saturated carbocycles. The standard InChI is InChI=1S/C20H21N7O/c1-12-9-17(21-3)26-20(23-12)25-14-5-6-16(28-4)15(10-14)19-13(2)24-18-11-22-7-8-27(18)19/h5-11H,1-4H3,(H2,21,23,25,26). The van der Waals surface area contributed by atoms with Crippen LogP contribution in [0.25, 0.3) is 16.9 Å². The quantitative estimate of drug-likeness (QED) is 0.551. The van der Waals surface area contributed by atoms with Crippen LogP contribution >= 0.6 is 0 Å². The van der Waals surface area contributed by atoms with Crippen LogP contribution in [0.2, 0.25) is 0 Å². The Morgan fingerprint density at radius 3 is 2.71 bits per heavy atom. The highest BCUT2D eigenvalue weighted by Gasteiger charge is 2.16. The van der Waals surface area contributed by atoms with E-state index in [4.69, 9.17) is 4.74 Å². The minimum atomic E-state index is 0.527. The van der Waals surface area contributed by atoms with Crippen LogP contribution < -0.4 is 15.4 Å². The number of aryl methyl sites for hydroxylation is 2. The van der Waals surface area contributed by atoms with Gasteiger partial charge in [-0.1, -0.05) is 0 Å². The number of imidazole rings is 1. The molecule has 0 aliphatic rings. The number of hydrogen-bond donors (Lipinski definition) is 2. The molecule has 8 nitrogen and oxygen atoms in total. The van der Waals surface area contributed by atoms with Crippen molar-refractivity contribution >= 4 is 23.1 Å². The largest absolute Gasteiger partial charge is 0.496 e. The number of nitrogens with zero attached hydrogens (tertiary/aromatic N) is 5. The molecule has 3 aromatic heterocycles. The van der Waals surface area contributed by atoms with Gasteiger partial charge in [0, 0.05) is 42.5 Å². The van der Waals surface area contributed by atoms with Gasteiger partial charge in [-0.2, -0.15) is 4.98 Å². The Hall–Kier alpha value is -3.68. The topological polar surface area (TPSA) is 89.3 Å². The third-order valence-electron chi connectivity index (χ3n) is 4.43. The average Bonchev–Trinajstić information content (AvgIpc) is 3.03. The van der Waals surface area contributed by atoms with Crippen molar-refractivity contribution in [2.45, 2.75) is 13.8 Å². The number of anilines is 3. The lowest BCUT2D eigenvalue weighted by Crippen LogP contribution is -2.02. The molecule has 28 heavy (non-hydrogen) atoms. The Kier molecular flexibility index (Phi) is 4.52. The van der Waals surface area contributed by atoms with Crippen molar-refractivity contribution in [3.8, 4) is 17.0 Å². The van der Waals surface area contributed by atoms with Crippen LogP contribution in [0.4, 0.5) is 17.5 Å². The fourth-order valence-corrected chi connectivity index (χ4v) is 3.20. The van der Waals surface area contributed by atoms with Gasteiger partial charge in [0.05, 0.1) is 24.7 Å². The van der Waals surface area contributed by atoms with Crippen molar-refractivity contribution in [3.05, 3.63) is 54.2 Å². The first-order chi connectivity index (χ1) is 13.6. The Morgan fingerprint density at radius 2 is 1.93 bits per heavy atom. The average molecular weight is 375 g/mol. The number of benzene rings is 1. The lowest BCUT2D eigenvalue weighted by Gasteiger charge is -2.13. The number of fused-ring (bicyclic) bond motifs is 1. The molecule has 142 valence electrons. The van der Waals surface area contributed by atoms with Crippen LogP contribution in [0, 0.1) is 13.8 Å². The van der Waals surface area contributed by atoms with Gasteiger partial charge in [-0.3, -0.25) is 9.38 Å². The van der Waals surface area contributed by atoms with E-state index in [-0.39, 0.29) is 0 Å². The first-order valence-corrected chi connectivity index (χ1v) is 8.86. The van der Waals surface area contributed by atoms with Gasteiger partial charge >= 0.3 is 0 Å². The summed E-state index contributed by atoms with van der Waals surface area (Å²) in [5, 5.41) is 6.33. The molecule has 0 spiro atoms. The van der Waals surface area contributed by atoms with Crippen LogP contribution in [-0.4, -0.2) is 38.5 Å². The molecule has 8 heteroatoms. The van der Waals surface area contributed by atoms with Crippen molar-refractivity contribution < 1.29 is 4.74 Å². The second-order valence-electron chi connectivity index (χ2n) is 6.36. The second-order valence-corrected chi connectivity index (χ2v) is 6.36. The van der Waals surface area contributed by atoms with Crippen molar-refractivity contribution in [3.63, 3.8) is 0 Å². The molecule has 0 saturated heterocycles. The Bertz CT molecular complexity index is 1150. The fourth-order valence-electron chi connectivity index (χ4n) is 3.20. The zero-order valence-electron chi connectivity index (χ0n) is 16.2. The van der Waals surface area contributed by atoms with E-state index in [1.54, 1.807) is 19.5 Å². The van der Waals surface area contributed by atoms with Crippen molar-refractivity contribution in [1.82, 2.24) is 24.3 Å². The van der Waals surface area contributed by atoms with Gasteiger partial charge in [-0.25, -0.2) is 9.97 Å². The normalized spacial score (nSPS) is 10.9. The molecule has 0 aliphatic heterocycles. The van der Waals surface area contributed by atoms with Gasteiger partial charge in [-0.05, 0) is 32.0 Å². The smallest absolute Gasteiger partial charge is 0.229 e. The Morgan fingerprint density at radius 1 is 1.07 bits per heavy atom. The molecule has 0 radical (unpaired) electrons. The van der Waals surface area contributed by atoms with Crippen LogP contribution in [-0.2, 0) is 0 Å². The molecule has 1 aromatic carbocycles. The number of hydrogen-bond acceptors (Lipinski definition) is 7. The third kappa shape index (κ3) is 3.20. The molecule has 0 fully saturated rings. The van der Waals surface area contributed by atoms with Gasteiger partial charge in [0.2, 0.25) is 5.95 Å². The summed E-state index contributed by atoms with van der Waals surface area (Å²) in [7, 11) is 3.49. The molecular weight excluding hydrogens is 354 g/mol. The van der Waals surface area contributed by atoms with E-state index < -0.39 is 0 Å². The zero-order chi connectivity index (χ0) is 19.7. The van der Waals surface area contributed by atoms with E-state index in [1.807, 2.05) is 55.8 Å². The number of aromatic nitrogens is 5. The molecule has 0 unspecified atom stereocenters.